The van der Waals surface area contributed by atoms with Crippen LogP contribution in [0.4, 0.5) is 0 Å². The molecule has 6 heteroatoms. The Morgan fingerprint density at radius 2 is 2.00 bits per heavy atom. The molecule has 2 fully saturated rings. The zero-order valence-corrected chi connectivity index (χ0v) is 15.7. The average Bonchev–Trinajstić information content (AvgIpc) is 3.20. The Kier molecular flexibility index (Phi) is 4.66. The Morgan fingerprint density at radius 3 is 2.50 bits per heavy atom. The van der Waals surface area contributed by atoms with E-state index in [1.165, 1.54) is 12.8 Å². The molecule has 2 heterocycles. The van der Waals surface area contributed by atoms with Crippen molar-refractivity contribution in [3.05, 3.63) is 29.5 Å². The van der Waals surface area contributed by atoms with Gasteiger partial charge in [0.2, 0.25) is 0 Å². The Bertz CT molecular complexity index is 604. The summed E-state index contributed by atoms with van der Waals surface area (Å²) in [5, 5.41) is 4.47. The first-order valence-corrected chi connectivity index (χ1v) is 8.90. The van der Waals surface area contributed by atoms with Gasteiger partial charge in [0.05, 0.1) is 23.4 Å². The minimum atomic E-state index is -0.328. The van der Waals surface area contributed by atoms with Gasteiger partial charge in [0.15, 0.2) is 0 Å². The van der Waals surface area contributed by atoms with Crippen LogP contribution in [0.25, 0.3) is 0 Å². The van der Waals surface area contributed by atoms with Crippen molar-refractivity contribution in [2.24, 2.45) is 0 Å². The summed E-state index contributed by atoms with van der Waals surface area (Å²) in [6.45, 7) is 10.4. The van der Waals surface area contributed by atoms with Crippen LogP contribution in [0.15, 0.2) is 23.9 Å². The second-order valence-corrected chi connectivity index (χ2v) is 7.82. The van der Waals surface area contributed by atoms with Crippen LogP contribution in [-0.4, -0.2) is 35.2 Å². The predicted molar refractivity (Wildman–Crippen MR) is 94.7 cm³/mol. The summed E-state index contributed by atoms with van der Waals surface area (Å²) in [5.74, 6) is 0. The van der Waals surface area contributed by atoms with Gasteiger partial charge in [-0.25, -0.2) is 0 Å². The highest BCUT2D eigenvalue weighted by Crippen LogP contribution is 2.40. The van der Waals surface area contributed by atoms with E-state index in [1.807, 2.05) is 6.20 Å². The first-order valence-electron chi connectivity index (χ1n) is 8.90. The maximum atomic E-state index is 6.18. The number of ether oxygens (including phenoxy) is 1. The minimum absolute atomic E-state index is 0.133. The zero-order valence-electron chi connectivity index (χ0n) is 15.7. The van der Waals surface area contributed by atoms with Gasteiger partial charge in [-0.15, -0.1) is 0 Å². The number of methoxy groups -OCH3 is 1. The van der Waals surface area contributed by atoms with Gasteiger partial charge in [0, 0.05) is 18.9 Å². The Labute approximate surface area is 145 Å². The molecule has 1 saturated heterocycles. The number of allylic oxidation sites excluding steroid dienone is 1. The van der Waals surface area contributed by atoms with Crippen LogP contribution < -0.4 is 0 Å². The molecule has 0 amide bonds. The highest BCUT2D eigenvalue weighted by Gasteiger charge is 2.52. The van der Waals surface area contributed by atoms with Crippen LogP contribution in [0.2, 0.25) is 0 Å². The Hall–Kier alpha value is -1.11. The Balaban J connectivity index is 1.80. The van der Waals surface area contributed by atoms with Crippen molar-refractivity contribution in [2.45, 2.75) is 77.2 Å². The quantitative estimate of drug-likeness (QED) is 0.742. The molecule has 2 aliphatic rings. The van der Waals surface area contributed by atoms with E-state index in [9.17, 15) is 0 Å². The van der Waals surface area contributed by atoms with E-state index in [0.717, 1.165) is 17.5 Å². The second-order valence-electron chi connectivity index (χ2n) is 7.82. The molecular formula is C18H29BN2O3. The van der Waals surface area contributed by atoms with Gasteiger partial charge in [-0.05, 0) is 52.4 Å². The predicted octanol–water partition coefficient (Wildman–Crippen LogP) is 3.87. The van der Waals surface area contributed by atoms with Crippen molar-refractivity contribution in [3.63, 3.8) is 0 Å². The van der Waals surface area contributed by atoms with E-state index in [2.05, 4.69) is 56.7 Å². The molecule has 0 N–H and O–H groups in total. The van der Waals surface area contributed by atoms with E-state index in [-0.39, 0.29) is 24.4 Å². The third kappa shape index (κ3) is 3.32. The summed E-state index contributed by atoms with van der Waals surface area (Å²) < 4.78 is 20.1. The largest absolute Gasteiger partial charge is 0.490 e. The van der Waals surface area contributed by atoms with E-state index in [0.29, 0.717) is 6.04 Å². The molecule has 3 rings (SSSR count). The number of hydrogen-bond donors (Lipinski definition) is 0. The van der Waals surface area contributed by atoms with Crippen LogP contribution >= 0.6 is 0 Å². The van der Waals surface area contributed by atoms with Gasteiger partial charge in [0.1, 0.15) is 6.10 Å². The van der Waals surface area contributed by atoms with Gasteiger partial charge in [0.25, 0.3) is 0 Å². The van der Waals surface area contributed by atoms with Crippen molar-refractivity contribution in [3.8, 4) is 0 Å². The van der Waals surface area contributed by atoms with E-state index in [1.54, 1.807) is 7.11 Å². The maximum Gasteiger partial charge on any atom is 0.490 e. The highest BCUT2D eigenvalue weighted by atomic mass is 16.7. The molecule has 1 atom stereocenters. The van der Waals surface area contributed by atoms with Crippen LogP contribution in [0.1, 0.15) is 71.6 Å². The minimum Gasteiger partial charge on any atom is -0.400 e. The molecule has 24 heavy (non-hydrogen) atoms. The molecular weight excluding hydrogens is 303 g/mol. The van der Waals surface area contributed by atoms with E-state index in [4.69, 9.17) is 14.0 Å². The fourth-order valence-electron chi connectivity index (χ4n) is 2.89. The Morgan fingerprint density at radius 1 is 1.38 bits per heavy atom. The first-order chi connectivity index (χ1) is 11.3. The summed E-state index contributed by atoms with van der Waals surface area (Å²) in [4.78, 5) is 0. The number of nitrogens with zero attached hydrogens (tertiary/aromatic N) is 2. The lowest BCUT2D eigenvalue weighted by Crippen LogP contribution is -2.41. The molecule has 1 aliphatic carbocycles. The topological polar surface area (TPSA) is 45.5 Å². The SMILES string of the molecule is CC/C(=C\C(OC)c1cnn(C2CC2)c1)B1OC(C)(C)C(C)(C)O1. The lowest BCUT2D eigenvalue weighted by Gasteiger charge is -2.32. The third-order valence-electron chi connectivity index (χ3n) is 5.45. The lowest BCUT2D eigenvalue weighted by atomic mass is 9.75. The molecule has 1 unspecified atom stereocenters. The molecule has 1 aromatic rings. The van der Waals surface area contributed by atoms with Gasteiger partial charge in [-0.3, -0.25) is 4.68 Å². The summed E-state index contributed by atoms with van der Waals surface area (Å²) in [5.41, 5.74) is 1.53. The van der Waals surface area contributed by atoms with Crippen LogP contribution in [0.5, 0.6) is 0 Å². The smallest absolute Gasteiger partial charge is 0.400 e. The average molecular weight is 332 g/mol. The molecule has 5 nitrogen and oxygen atoms in total. The summed E-state index contributed by atoms with van der Waals surface area (Å²) in [6.07, 6.45) is 9.29. The van der Waals surface area contributed by atoms with Gasteiger partial charge in [-0.1, -0.05) is 13.0 Å². The normalized spacial score (nSPS) is 24.4. The maximum absolute atomic E-state index is 6.18. The molecule has 1 saturated carbocycles. The summed E-state index contributed by atoms with van der Waals surface area (Å²) >= 11 is 0. The summed E-state index contributed by atoms with van der Waals surface area (Å²) in [6, 6.07) is 0.578. The van der Waals surface area contributed by atoms with Crippen molar-refractivity contribution in [1.29, 1.82) is 0 Å². The highest BCUT2D eigenvalue weighted by molar-refractivity contribution is 6.54. The molecule has 0 radical (unpaired) electrons. The number of aromatic nitrogens is 2. The van der Waals surface area contributed by atoms with E-state index < -0.39 is 0 Å². The number of rotatable bonds is 6. The zero-order chi connectivity index (χ0) is 17.5. The monoisotopic (exact) mass is 332 g/mol. The van der Waals surface area contributed by atoms with Crippen LogP contribution in [-0.2, 0) is 14.0 Å². The summed E-state index contributed by atoms with van der Waals surface area (Å²) in [7, 11) is 1.41. The molecule has 1 aliphatic heterocycles. The first kappa shape index (κ1) is 17.7. The molecule has 0 aromatic carbocycles. The third-order valence-corrected chi connectivity index (χ3v) is 5.45. The van der Waals surface area contributed by atoms with Gasteiger partial charge in [-0.2, -0.15) is 5.10 Å². The number of hydrogen-bond acceptors (Lipinski definition) is 4. The van der Waals surface area contributed by atoms with Crippen molar-refractivity contribution >= 4 is 7.12 Å². The van der Waals surface area contributed by atoms with Gasteiger partial charge < -0.3 is 14.0 Å². The van der Waals surface area contributed by atoms with Gasteiger partial charge >= 0.3 is 7.12 Å². The molecule has 132 valence electrons. The lowest BCUT2D eigenvalue weighted by molar-refractivity contribution is 0.00578. The van der Waals surface area contributed by atoms with Crippen molar-refractivity contribution in [1.82, 2.24) is 9.78 Å². The van der Waals surface area contributed by atoms with Crippen LogP contribution in [0, 0.1) is 0 Å². The van der Waals surface area contributed by atoms with E-state index >= 15 is 0 Å². The molecule has 1 aromatic heterocycles. The van der Waals surface area contributed by atoms with Crippen molar-refractivity contribution < 1.29 is 14.0 Å². The van der Waals surface area contributed by atoms with Crippen molar-refractivity contribution in [2.75, 3.05) is 7.11 Å². The molecule has 0 spiro atoms. The molecule has 0 bridgehead atoms. The second kappa shape index (κ2) is 6.32. The fourth-order valence-corrected chi connectivity index (χ4v) is 2.89. The van der Waals surface area contributed by atoms with Crippen LogP contribution in [0.3, 0.4) is 0 Å². The fraction of sp³-hybridized carbons (Fsp3) is 0.722. The standard InChI is InChI=1S/C18H29BN2O3/c1-7-14(19-23-17(2,3)18(4,5)24-19)10-16(22-6)13-11-20-21(12-13)15-8-9-15/h10-12,15-16H,7-9H2,1-6H3/b14-10+.